The van der Waals surface area contributed by atoms with Gasteiger partial charge in [0.2, 0.25) is 5.88 Å². The van der Waals surface area contributed by atoms with Crippen LogP contribution in [0.5, 0.6) is 5.88 Å². The first-order valence-corrected chi connectivity index (χ1v) is 2.78. The zero-order valence-electron chi connectivity index (χ0n) is 4.89. The van der Waals surface area contributed by atoms with E-state index >= 15 is 0 Å². The highest BCUT2D eigenvalue weighted by atomic mass is 35.5. The molecular weight excluding hydrogens is 138 g/mol. The number of hydrogen-bond donors (Lipinski definition) is 0. The van der Waals surface area contributed by atoms with Crippen LogP contribution in [0.1, 0.15) is 0 Å². The van der Waals surface area contributed by atoms with Crippen molar-refractivity contribution in [1.82, 2.24) is 4.98 Å². The predicted octanol–water partition coefficient (Wildman–Crippen LogP) is 1.54. The van der Waals surface area contributed by atoms with E-state index < -0.39 is 0 Å². The van der Waals surface area contributed by atoms with Crippen LogP contribution in [0.4, 0.5) is 0 Å². The Bertz CT molecular complexity index is 202. The van der Waals surface area contributed by atoms with Gasteiger partial charge in [-0.1, -0.05) is 11.6 Å². The third kappa shape index (κ3) is 1.33. The summed E-state index contributed by atoms with van der Waals surface area (Å²) in [6.07, 6.45) is 1.50. The van der Waals surface area contributed by atoms with Crippen molar-refractivity contribution in [2.75, 3.05) is 7.11 Å². The fraction of sp³-hybridized carbons (Fsp3) is 0.167. The molecule has 1 aromatic heterocycles. The van der Waals surface area contributed by atoms with Gasteiger partial charge in [-0.3, -0.25) is 0 Å². The lowest BCUT2D eigenvalue weighted by Gasteiger charge is -1.96. The van der Waals surface area contributed by atoms with Crippen LogP contribution in [0.15, 0.2) is 12.3 Å². The molecule has 47 valence electrons. The van der Waals surface area contributed by atoms with Gasteiger partial charge in [0, 0.05) is 12.3 Å². The Morgan fingerprint density at radius 2 is 2.56 bits per heavy atom. The molecule has 9 heavy (non-hydrogen) atoms. The first-order valence-electron chi connectivity index (χ1n) is 2.40. The molecule has 0 N–H and O–H groups in total. The Labute approximate surface area is 58.4 Å². The van der Waals surface area contributed by atoms with E-state index in [0.717, 1.165) is 0 Å². The quantitative estimate of drug-likeness (QED) is 0.594. The highest BCUT2D eigenvalue weighted by Gasteiger charge is 1.95. The maximum atomic E-state index is 5.61. The van der Waals surface area contributed by atoms with Crippen LogP contribution in [0.2, 0.25) is 5.02 Å². The van der Waals surface area contributed by atoms with Crippen LogP contribution in [0.25, 0.3) is 0 Å². The molecule has 1 rings (SSSR count). The second-order valence-corrected chi connectivity index (χ2v) is 1.83. The topological polar surface area (TPSA) is 22.1 Å². The molecule has 3 heteroatoms. The van der Waals surface area contributed by atoms with Crippen molar-refractivity contribution in [3.8, 4) is 5.88 Å². The summed E-state index contributed by atoms with van der Waals surface area (Å²) in [5.74, 6) is 0.440. The summed E-state index contributed by atoms with van der Waals surface area (Å²) in [5, 5.41) is 0.486. The highest BCUT2D eigenvalue weighted by molar-refractivity contribution is 6.31. The number of aromatic nitrogens is 1. The number of hydrogen-bond acceptors (Lipinski definition) is 2. The van der Waals surface area contributed by atoms with Gasteiger partial charge in [-0.2, -0.15) is 0 Å². The largest absolute Gasteiger partial charge is 0.480 e. The summed E-state index contributed by atoms with van der Waals surface area (Å²) in [7, 11) is 1.52. The molecule has 0 saturated heterocycles. The number of rotatable bonds is 1. The molecule has 0 bridgehead atoms. The van der Waals surface area contributed by atoms with E-state index in [0.29, 0.717) is 10.9 Å². The van der Waals surface area contributed by atoms with Gasteiger partial charge in [0.1, 0.15) is 5.02 Å². The molecule has 0 fully saturated rings. The normalized spacial score (nSPS) is 9.11. The summed E-state index contributed by atoms with van der Waals surface area (Å²) < 4.78 is 4.78. The van der Waals surface area contributed by atoms with Crippen LogP contribution in [0, 0.1) is 6.07 Å². The molecule has 0 aliphatic heterocycles. The maximum absolute atomic E-state index is 5.61. The third-order valence-electron chi connectivity index (χ3n) is 0.864. The lowest BCUT2D eigenvalue weighted by molar-refractivity contribution is 0.398. The second kappa shape index (κ2) is 2.69. The van der Waals surface area contributed by atoms with E-state index in [1.165, 1.54) is 13.3 Å². The first-order chi connectivity index (χ1) is 4.34. The fourth-order valence-electron chi connectivity index (χ4n) is 0.480. The van der Waals surface area contributed by atoms with E-state index in [1.54, 1.807) is 6.07 Å². The molecule has 0 spiro atoms. The van der Waals surface area contributed by atoms with Gasteiger partial charge in [-0.25, -0.2) is 4.98 Å². The first kappa shape index (κ1) is 6.36. The lowest BCUT2D eigenvalue weighted by atomic mass is 10.5. The van der Waals surface area contributed by atoms with Gasteiger partial charge < -0.3 is 4.74 Å². The Morgan fingerprint density at radius 3 is 3.00 bits per heavy atom. The van der Waals surface area contributed by atoms with Crippen molar-refractivity contribution >= 4 is 11.6 Å². The Balaban J connectivity index is 3.01. The second-order valence-electron chi connectivity index (χ2n) is 1.43. The van der Waals surface area contributed by atoms with E-state index in [-0.39, 0.29) is 0 Å². The molecule has 0 aliphatic rings. The molecule has 1 aromatic rings. The van der Waals surface area contributed by atoms with Crippen LogP contribution in [0.3, 0.4) is 0 Å². The summed E-state index contributed by atoms with van der Waals surface area (Å²) in [6, 6.07) is 4.32. The standard InChI is InChI=1S/C6H5ClNO/c1-9-6-5(7)3-2-4-8-6/h3-4H,1H3. The molecule has 1 heterocycles. The average molecular weight is 143 g/mol. The van der Waals surface area contributed by atoms with Gasteiger partial charge in [-0.05, 0) is 6.07 Å². The molecule has 0 atom stereocenters. The Hall–Kier alpha value is -0.760. The van der Waals surface area contributed by atoms with Gasteiger partial charge in [0.15, 0.2) is 0 Å². The number of ether oxygens (including phenoxy) is 1. The smallest absolute Gasteiger partial charge is 0.232 e. The van der Waals surface area contributed by atoms with Crippen molar-refractivity contribution in [1.29, 1.82) is 0 Å². The molecule has 0 unspecified atom stereocenters. The minimum atomic E-state index is 0.440. The van der Waals surface area contributed by atoms with Gasteiger partial charge in [-0.15, -0.1) is 0 Å². The fourth-order valence-corrected chi connectivity index (χ4v) is 0.669. The molecular formula is C6H5ClNO. The van der Waals surface area contributed by atoms with Gasteiger partial charge in [0.25, 0.3) is 0 Å². The molecule has 0 aliphatic carbocycles. The van der Waals surface area contributed by atoms with Crippen LogP contribution in [-0.4, -0.2) is 12.1 Å². The van der Waals surface area contributed by atoms with Crippen molar-refractivity contribution in [3.05, 3.63) is 23.4 Å². The molecule has 0 saturated carbocycles. The minimum Gasteiger partial charge on any atom is -0.480 e. The van der Waals surface area contributed by atoms with E-state index in [1.807, 2.05) is 0 Å². The minimum absolute atomic E-state index is 0.440. The third-order valence-corrected chi connectivity index (χ3v) is 1.13. The monoisotopic (exact) mass is 142 g/mol. The van der Waals surface area contributed by atoms with Crippen molar-refractivity contribution in [2.24, 2.45) is 0 Å². The van der Waals surface area contributed by atoms with E-state index in [9.17, 15) is 0 Å². The van der Waals surface area contributed by atoms with Crippen molar-refractivity contribution in [3.63, 3.8) is 0 Å². The zero-order valence-corrected chi connectivity index (χ0v) is 5.64. The number of methoxy groups -OCH3 is 1. The maximum Gasteiger partial charge on any atom is 0.232 e. The lowest BCUT2D eigenvalue weighted by Crippen LogP contribution is -1.86. The van der Waals surface area contributed by atoms with E-state index in [4.69, 9.17) is 16.3 Å². The van der Waals surface area contributed by atoms with Gasteiger partial charge in [0.05, 0.1) is 7.11 Å². The summed E-state index contributed by atoms with van der Waals surface area (Å²) in [6.45, 7) is 0. The summed E-state index contributed by atoms with van der Waals surface area (Å²) in [4.78, 5) is 3.79. The molecule has 0 aromatic carbocycles. The zero-order chi connectivity index (χ0) is 6.69. The summed E-state index contributed by atoms with van der Waals surface area (Å²) >= 11 is 5.61. The van der Waals surface area contributed by atoms with Crippen LogP contribution >= 0.6 is 11.6 Å². The van der Waals surface area contributed by atoms with Gasteiger partial charge >= 0.3 is 0 Å². The average Bonchev–Trinajstić information content (AvgIpc) is 1.89. The predicted molar refractivity (Wildman–Crippen MR) is 34.6 cm³/mol. The number of nitrogens with zero attached hydrogens (tertiary/aromatic N) is 1. The van der Waals surface area contributed by atoms with Crippen LogP contribution < -0.4 is 4.74 Å². The summed E-state index contributed by atoms with van der Waals surface area (Å²) in [5.41, 5.74) is 0. The number of pyridine rings is 1. The Morgan fingerprint density at radius 1 is 1.78 bits per heavy atom. The van der Waals surface area contributed by atoms with Crippen molar-refractivity contribution in [2.45, 2.75) is 0 Å². The SMILES string of the molecule is COc1nc[c]cc1Cl. The Kier molecular flexibility index (Phi) is 1.90. The van der Waals surface area contributed by atoms with E-state index in [2.05, 4.69) is 11.1 Å². The molecule has 2 nitrogen and oxygen atoms in total. The molecule has 1 radical (unpaired) electrons. The highest BCUT2D eigenvalue weighted by Crippen LogP contribution is 2.18. The van der Waals surface area contributed by atoms with Crippen LogP contribution in [-0.2, 0) is 0 Å². The number of halogens is 1. The molecule has 0 amide bonds. The van der Waals surface area contributed by atoms with Crippen molar-refractivity contribution < 1.29 is 4.74 Å².